The lowest BCUT2D eigenvalue weighted by atomic mass is 9.99. The highest BCUT2D eigenvalue weighted by atomic mass is 16.4. The first-order chi connectivity index (χ1) is 8.65. The van der Waals surface area contributed by atoms with E-state index in [1.165, 1.54) is 18.9 Å². The van der Waals surface area contributed by atoms with Gasteiger partial charge in [0.1, 0.15) is 12.0 Å². The molecule has 5 heteroatoms. The van der Waals surface area contributed by atoms with Crippen molar-refractivity contribution in [3.8, 4) is 5.75 Å². The third-order valence-electron chi connectivity index (χ3n) is 3.26. The molecule has 1 aliphatic rings. The van der Waals surface area contributed by atoms with E-state index >= 15 is 0 Å². The van der Waals surface area contributed by atoms with Crippen molar-refractivity contribution in [3.63, 3.8) is 0 Å². The van der Waals surface area contributed by atoms with E-state index in [1.807, 2.05) is 7.05 Å². The van der Waals surface area contributed by atoms with Crippen LogP contribution in [0.4, 0.5) is 0 Å². The SMILES string of the molecule is CN(Cc1cc(=O)c(O)co1)CC1CCCNC1. The van der Waals surface area contributed by atoms with Crippen molar-refractivity contribution in [2.45, 2.75) is 19.4 Å². The van der Waals surface area contributed by atoms with Crippen LogP contribution in [0.15, 0.2) is 21.5 Å². The first-order valence-corrected chi connectivity index (χ1v) is 6.35. The van der Waals surface area contributed by atoms with Gasteiger partial charge >= 0.3 is 0 Å². The number of rotatable bonds is 4. The van der Waals surface area contributed by atoms with E-state index in [0.717, 1.165) is 25.9 Å². The molecule has 0 aliphatic carbocycles. The fourth-order valence-corrected chi connectivity index (χ4v) is 2.38. The van der Waals surface area contributed by atoms with Crippen LogP contribution in [-0.4, -0.2) is 36.7 Å². The van der Waals surface area contributed by atoms with E-state index < -0.39 is 0 Å². The molecule has 5 nitrogen and oxygen atoms in total. The summed E-state index contributed by atoms with van der Waals surface area (Å²) in [5.41, 5.74) is -0.385. The summed E-state index contributed by atoms with van der Waals surface area (Å²) in [4.78, 5) is 13.4. The maximum absolute atomic E-state index is 11.3. The molecule has 2 rings (SSSR count). The maximum Gasteiger partial charge on any atom is 0.226 e. The van der Waals surface area contributed by atoms with Crippen LogP contribution in [0, 0.1) is 5.92 Å². The number of hydrogen-bond donors (Lipinski definition) is 2. The first-order valence-electron chi connectivity index (χ1n) is 6.35. The van der Waals surface area contributed by atoms with Crippen LogP contribution in [0.25, 0.3) is 0 Å². The number of aromatic hydroxyl groups is 1. The summed E-state index contributed by atoms with van der Waals surface area (Å²) < 4.78 is 5.19. The van der Waals surface area contributed by atoms with Crippen LogP contribution in [-0.2, 0) is 6.54 Å². The molecule has 18 heavy (non-hydrogen) atoms. The quantitative estimate of drug-likeness (QED) is 0.829. The van der Waals surface area contributed by atoms with E-state index in [1.54, 1.807) is 0 Å². The first kappa shape index (κ1) is 13.1. The molecule has 0 spiro atoms. The van der Waals surface area contributed by atoms with Crippen LogP contribution in [0.1, 0.15) is 18.6 Å². The van der Waals surface area contributed by atoms with Gasteiger partial charge in [-0.05, 0) is 38.9 Å². The van der Waals surface area contributed by atoms with Crippen molar-refractivity contribution in [1.82, 2.24) is 10.2 Å². The Bertz CT molecular complexity index is 438. The van der Waals surface area contributed by atoms with Crippen molar-refractivity contribution in [2.75, 3.05) is 26.7 Å². The smallest absolute Gasteiger partial charge is 0.226 e. The lowest BCUT2D eigenvalue weighted by Crippen LogP contribution is -2.36. The Labute approximate surface area is 106 Å². The molecule has 1 saturated heterocycles. The van der Waals surface area contributed by atoms with Crippen LogP contribution >= 0.6 is 0 Å². The molecule has 0 aromatic carbocycles. The minimum absolute atomic E-state index is 0.335. The summed E-state index contributed by atoms with van der Waals surface area (Å²) >= 11 is 0. The average Bonchev–Trinajstić information content (AvgIpc) is 2.35. The number of piperidine rings is 1. The third-order valence-corrected chi connectivity index (χ3v) is 3.26. The van der Waals surface area contributed by atoms with Gasteiger partial charge in [-0.3, -0.25) is 9.69 Å². The summed E-state index contributed by atoms with van der Waals surface area (Å²) in [6.07, 6.45) is 3.58. The Hall–Kier alpha value is -1.33. The summed E-state index contributed by atoms with van der Waals surface area (Å²) in [6, 6.07) is 1.35. The van der Waals surface area contributed by atoms with Gasteiger partial charge in [-0.15, -0.1) is 0 Å². The van der Waals surface area contributed by atoms with E-state index in [4.69, 9.17) is 9.52 Å². The fourth-order valence-electron chi connectivity index (χ4n) is 2.38. The number of nitrogens with zero attached hydrogens (tertiary/aromatic N) is 1. The van der Waals surface area contributed by atoms with Gasteiger partial charge in [0.2, 0.25) is 5.43 Å². The second kappa shape index (κ2) is 6.02. The Balaban J connectivity index is 1.87. The van der Waals surface area contributed by atoms with Crippen molar-refractivity contribution in [2.24, 2.45) is 5.92 Å². The van der Waals surface area contributed by atoms with E-state index in [-0.39, 0.29) is 11.2 Å². The van der Waals surface area contributed by atoms with Crippen LogP contribution in [0.2, 0.25) is 0 Å². The van der Waals surface area contributed by atoms with Crippen molar-refractivity contribution >= 4 is 0 Å². The number of nitrogens with one attached hydrogen (secondary N) is 1. The molecule has 1 fully saturated rings. The maximum atomic E-state index is 11.3. The molecule has 1 aromatic rings. The van der Waals surface area contributed by atoms with Crippen LogP contribution in [0.3, 0.4) is 0 Å². The Morgan fingerprint density at radius 3 is 3.11 bits per heavy atom. The molecule has 2 N–H and O–H groups in total. The van der Waals surface area contributed by atoms with Gasteiger partial charge in [0.25, 0.3) is 0 Å². The fraction of sp³-hybridized carbons (Fsp3) is 0.615. The van der Waals surface area contributed by atoms with Crippen molar-refractivity contribution in [1.29, 1.82) is 0 Å². The molecular weight excluding hydrogens is 232 g/mol. The van der Waals surface area contributed by atoms with Gasteiger partial charge in [-0.2, -0.15) is 0 Å². The lowest BCUT2D eigenvalue weighted by molar-refractivity contribution is 0.221. The number of hydrogen-bond acceptors (Lipinski definition) is 5. The van der Waals surface area contributed by atoms with Crippen molar-refractivity contribution in [3.05, 3.63) is 28.3 Å². The summed E-state index contributed by atoms with van der Waals surface area (Å²) in [6.45, 7) is 3.75. The molecular formula is C13H20N2O3. The Morgan fingerprint density at radius 1 is 1.61 bits per heavy atom. The summed E-state index contributed by atoms with van der Waals surface area (Å²) in [5, 5.41) is 12.5. The second-order valence-corrected chi connectivity index (χ2v) is 5.00. The Kier molecular flexibility index (Phi) is 4.38. The standard InChI is InChI=1S/C13H20N2O3/c1-15(7-10-3-2-4-14-6-10)8-11-5-12(16)13(17)9-18-11/h5,9-10,14,17H,2-4,6-8H2,1H3. The van der Waals surface area contributed by atoms with Crippen LogP contribution < -0.4 is 10.7 Å². The predicted octanol–water partition coefficient (Wildman–Crippen LogP) is 0.777. The molecule has 1 aliphatic heterocycles. The lowest BCUT2D eigenvalue weighted by Gasteiger charge is -2.27. The molecule has 1 aromatic heterocycles. The largest absolute Gasteiger partial charge is 0.502 e. The molecule has 0 amide bonds. The average molecular weight is 252 g/mol. The van der Waals surface area contributed by atoms with E-state index in [0.29, 0.717) is 18.2 Å². The molecule has 1 unspecified atom stereocenters. The van der Waals surface area contributed by atoms with E-state index in [2.05, 4.69) is 10.2 Å². The van der Waals surface area contributed by atoms with E-state index in [9.17, 15) is 4.79 Å². The van der Waals surface area contributed by atoms with Gasteiger partial charge in [0.15, 0.2) is 5.75 Å². The zero-order chi connectivity index (χ0) is 13.0. The van der Waals surface area contributed by atoms with Gasteiger partial charge < -0.3 is 14.8 Å². The highest BCUT2D eigenvalue weighted by molar-refractivity contribution is 5.15. The topological polar surface area (TPSA) is 65.7 Å². The molecule has 0 radical (unpaired) electrons. The molecule has 100 valence electrons. The highest BCUT2D eigenvalue weighted by Crippen LogP contribution is 2.13. The molecule has 0 bridgehead atoms. The zero-order valence-corrected chi connectivity index (χ0v) is 10.7. The summed E-state index contributed by atoms with van der Waals surface area (Å²) in [7, 11) is 2.02. The zero-order valence-electron chi connectivity index (χ0n) is 10.7. The second-order valence-electron chi connectivity index (χ2n) is 5.00. The predicted molar refractivity (Wildman–Crippen MR) is 68.6 cm³/mol. The monoisotopic (exact) mass is 252 g/mol. The van der Waals surface area contributed by atoms with Gasteiger partial charge in [0.05, 0.1) is 6.54 Å². The van der Waals surface area contributed by atoms with Gasteiger partial charge in [0, 0.05) is 12.6 Å². The molecule has 2 heterocycles. The minimum atomic E-state index is -0.385. The highest BCUT2D eigenvalue weighted by Gasteiger charge is 2.15. The van der Waals surface area contributed by atoms with Crippen molar-refractivity contribution < 1.29 is 9.52 Å². The van der Waals surface area contributed by atoms with Gasteiger partial charge in [-0.1, -0.05) is 0 Å². The Morgan fingerprint density at radius 2 is 2.44 bits per heavy atom. The summed E-state index contributed by atoms with van der Waals surface area (Å²) in [5.74, 6) is 0.912. The minimum Gasteiger partial charge on any atom is -0.502 e. The van der Waals surface area contributed by atoms with Crippen LogP contribution in [0.5, 0.6) is 5.75 Å². The van der Waals surface area contributed by atoms with Gasteiger partial charge in [-0.25, -0.2) is 0 Å². The molecule has 1 atom stereocenters. The third kappa shape index (κ3) is 3.58. The normalized spacial score (nSPS) is 20.2. The molecule has 0 saturated carbocycles.